The maximum absolute atomic E-state index is 13.9. The molecule has 42 heavy (non-hydrogen) atoms. The molecule has 1 amide bonds. The number of nitro groups is 1. The van der Waals surface area contributed by atoms with Gasteiger partial charge in [0.25, 0.3) is 11.6 Å². The highest BCUT2D eigenvalue weighted by molar-refractivity contribution is 8.00. The molecular weight excluding hydrogens is 558 g/mol. The molecule has 2 atom stereocenters. The predicted octanol–water partition coefficient (Wildman–Crippen LogP) is 4.84. The van der Waals surface area contributed by atoms with E-state index < -0.39 is 39.8 Å². The lowest BCUT2D eigenvalue weighted by Gasteiger charge is -2.54. The summed E-state index contributed by atoms with van der Waals surface area (Å²) in [5.41, 5.74) is 1.37. The van der Waals surface area contributed by atoms with Gasteiger partial charge < -0.3 is 9.47 Å². The predicted molar refractivity (Wildman–Crippen MR) is 157 cm³/mol. The normalized spacial score (nSPS) is 19.8. The van der Waals surface area contributed by atoms with Crippen molar-refractivity contribution in [1.29, 1.82) is 0 Å². The van der Waals surface area contributed by atoms with E-state index >= 15 is 0 Å². The molecule has 0 aromatic heterocycles. The zero-order valence-corrected chi connectivity index (χ0v) is 23.7. The van der Waals surface area contributed by atoms with E-state index in [4.69, 9.17) is 9.47 Å². The number of thioether (sulfide) groups is 1. The molecule has 3 aromatic carbocycles. The molecule has 2 aliphatic rings. The largest absolute Gasteiger partial charge is 0.461 e. The number of ether oxygens (including phenoxy) is 2. The average Bonchev–Trinajstić information content (AvgIpc) is 3.01. The van der Waals surface area contributed by atoms with Gasteiger partial charge in [0.15, 0.2) is 11.6 Å². The summed E-state index contributed by atoms with van der Waals surface area (Å²) in [4.78, 5) is 55.6. The topological polar surface area (TPSA) is 128 Å². The van der Waals surface area contributed by atoms with E-state index in [1.165, 1.54) is 41.9 Å². The van der Waals surface area contributed by atoms with E-state index in [0.717, 1.165) is 11.1 Å². The number of non-ortho nitro benzene ring substituents is 1. The lowest BCUT2D eigenvalue weighted by molar-refractivity contribution is -0.384. The number of hydrogen-bond acceptors (Lipinski definition) is 9. The standard InChI is InChI=1S/C31H27N3O7S/c1-20(35)40-18-24-19-42-30-31(2,32-17-21-13-15-25(16-14-21)34(38)39)29(37)33(30)26(24)28(36)41-27(22-9-5-3-6-10-22)23-11-7-4-8-12-23/h3-17,27,30H,18-19H2,1-2H3/t30-,31?/m1/s1. The Morgan fingerprint density at radius 1 is 1.07 bits per heavy atom. The molecule has 5 rings (SSSR count). The highest BCUT2D eigenvalue weighted by Crippen LogP contribution is 2.48. The van der Waals surface area contributed by atoms with Gasteiger partial charge >= 0.3 is 11.9 Å². The summed E-state index contributed by atoms with van der Waals surface area (Å²) >= 11 is 1.40. The van der Waals surface area contributed by atoms with E-state index in [9.17, 15) is 24.5 Å². The van der Waals surface area contributed by atoms with Gasteiger partial charge in [-0.25, -0.2) is 4.79 Å². The third-order valence-corrected chi connectivity index (χ3v) is 8.52. The Morgan fingerprint density at radius 3 is 2.21 bits per heavy atom. The van der Waals surface area contributed by atoms with Gasteiger partial charge in [-0.2, -0.15) is 0 Å². The Bertz CT molecular complexity index is 1540. The fourth-order valence-corrected chi connectivity index (χ4v) is 6.23. The Hall–Kier alpha value is -4.77. The van der Waals surface area contributed by atoms with Crippen LogP contribution in [0.15, 0.2) is 101 Å². The highest BCUT2D eigenvalue weighted by Gasteiger charge is 2.62. The first-order valence-corrected chi connectivity index (χ1v) is 14.1. The molecule has 1 saturated heterocycles. The van der Waals surface area contributed by atoms with Crippen LogP contribution in [0.2, 0.25) is 0 Å². The van der Waals surface area contributed by atoms with Gasteiger partial charge in [0.1, 0.15) is 17.7 Å². The van der Waals surface area contributed by atoms with Crippen molar-refractivity contribution in [3.63, 3.8) is 0 Å². The SMILES string of the molecule is CC(=O)OCC1=C(C(=O)OC(c2ccccc2)c2ccccc2)N2C(=O)C(C)(N=Cc3ccc([N+](=O)[O-])cc3)[C@H]2SC1. The lowest BCUT2D eigenvalue weighted by Crippen LogP contribution is -2.71. The van der Waals surface area contributed by atoms with Crippen LogP contribution in [-0.2, 0) is 23.9 Å². The summed E-state index contributed by atoms with van der Waals surface area (Å²) in [6.07, 6.45) is 0.759. The van der Waals surface area contributed by atoms with Crippen molar-refractivity contribution in [2.45, 2.75) is 30.9 Å². The smallest absolute Gasteiger partial charge is 0.356 e. The van der Waals surface area contributed by atoms with Crippen LogP contribution in [-0.4, -0.2) is 57.2 Å². The van der Waals surface area contributed by atoms with Crippen LogP contribution in [0.3, 0.4) is 0 Å². The van der Waals surface area contributed by atoms with Crippen LogP contribution < -0.4 is 0 Å². The molecule has 0 bridgehead atoms. The zero-order chi connectivity index (χ0) is 29.9. The number of benzene rings is 3. The van der Waals surface area contributed by atoms with Gasteiger partial charge in [-0.3, -0.25) is 29.6 Å². The van der Waals surface area contributed by atoms with E-state index in [0.29, 0.717) is 16.9 Å². The molecule has 214 valence electrons. The number of aliphatic imine (C=N–C) groups is 1. The minimum Gasteiger partial charge on any atom is -0.461 e. The van der Waals surface area contributed by atoms with Crippen molar-refractivity contribution in [2.24, 2.45) is 4.99 Å². The molecular formula is C31H27N3O7S. The summed E-state index contributed by atoms with van der Waals surface area (Å²) in [6.45, 7) is 2.80. The van der Waals surface area contributed by atoms with Gasteiger partial charge in [-0.1, -0.05) is 60.7 Å². The second-order valence-corrected chi connectivity index (χ2v) is 11.0. The number of carbonyl (C=O) groups is 3. The Labute approximate surface area is 246 Å². The van der Waals surface area contributed by atoms with E-state index in [2.05, 4.69) is 4.99 Å². The van der Waals surface area contributed by atoms with Crippen molar-refractivity contribution in [2.75, 3.05) is 12.4 Å². The number of β-lactam (4-membered cyclic amide) rings is 1. The number of esters is 2. The average molecular weight is 586 g/mol. The highest BCUT2D eigenvalue weighted by atomic mass is 32.2. The molecule has 2 heterocycles. The first-order valence-electron chi connectivity index (χ1n) is 13.1. The molecule has 10 nitrogen and oxygen atoms in total. The quantitative estimate of drug-likeness (QED) is 0.115. The summed E-state index contributed by atoms with van der Waals surface area (Å²) in [5.74, 6) is -1.33. The molecule has 2 aliphatic heterocycles. The lowest BCUT2D eigenvalue weighted by atomic mass is 9.89. The van der Waals surface area contributed by atoms with Gasteiger partial charge in [0.2, 0.25) is 0 Å². The maximum Gasteiger partial charge on any atom is 0.356 e. The van der Waals surface area contributed by atoms with Gasteiger partial charge in [-0.05, 0) is 35.7 Å². The van der Waals surface area contributed by atoms with Crippen molar-refractivity contribution < 1.29 is 28.8 Å². The Morgan fingerprint density at radius 2 is 1.67 bits per heavy atom. The van der Waals surface area contributed by atoms with E-state index in [-0.39, 0.29) is 18.0 Å². The molecule has 0 aliphatic carbocycles. The monoisotopic (exact) mass is 585 g/mol. The third kappa shape index (κ3) is 5.68. The number of nitrogens with zero attached hydrogens (tertiary/aromatic N) is 3. The molecule has 0 saturated carbocycles. The number of amides is 1. The van der Waals surface area contributed by atoms with Gasteiger partial charge in [0, 0.05) is 36.6 Å². The number of rotatable bonds is 9. The Kier molecular flexibility index (Phi) is 8.21. The number of nitro benzene ring substituents is 1. The molecule has 11 heteroatoms. The minimum absolute atomic E-state index is 0.0462. The second kappa shape index (κ2) is 12.0. The van der Waals surface area contributed by atoms with Crippen LogP contribution in [0, 0.1) is 10.1 Å². The van der Waals surface area contributed by atoms with E-state index in [1.54, 1.807) is 19.1 Å². The first-order chi connectivity index (χ1) is 20.2. The summed E-state index contributed by atoms with van der Waals surface area (Å²) in [5, 5.41) is 10.4. The molecule has 3 aromatic rings. The number of fused-ring (bicyclic) bond motifs is 1. The van der Waals surface area contributed by atoms with Crippen molar-refractivity contribution >= 4 is 41.5 Å². The van der Waals surface area contributed by atoms with Crippen molar-refractivity contribution in [1.82, 2.24) is 4.90 Å². The molecule has 0 N–H and O–H groups in total. The zero-order valence-electron chi connectivity index (χ0n) is 22.8. The summed E-state index contributed by atoms with van der Waals surface area (Å²) in [7, 11) is 0. The van der Waals surface area contributed by atoms with Gasteiger partial charge in [-0.15, -0.1) is 11.8 Å². The van der Waals surface area contributed by atoms with Crippen LogP contribution in [0.4, 0.5) is 5.69 Å². The molecule has 0 spiro atoms. The third-order valence-electron chi connectivity index (χ3n) is 7.02. The first kappa shape index (κ1) is 28.7. The Balaban J connectivity index is 1.45. The molecule has 1 unspecified atom stereocenters. The van der Waals surface area contributed by atoms with Crippen LogP contribution in [0.1, 0.15) is 36.6 Å². The summed E-state index contributed by atoms with van der Waals surface area (Å²) in [6, 6.07) is 24.4. The van der Waals surface area contributed by atoms with Crippen LogP contribution in [0.25, 0.3) is 0 Å². The number of hydrogen-bond donors (Lipinski definition) is 0. The second-order valence-electron chi connectivity index (χ2n) is 9.93. The van der Waals surface area contributed by atoms with Crippen LogP contribution in [0.5, 0.6) is 0 Å². The summed E-state index contributed by atoms with van der Waals surface area (Å²) < 4.78 is 11.3. The van der Waals surface area contributed by atoms with E-state index in [1.807, 2.05) is 60.7 Å². The van der Waals surface area contributed by atoms with Crippen LogP contribution >= 0.6 is 11.8 Å². The minimum atomic E-state index is -1.19. The molecule has 0 radical (unpaired) electrons. The van der Waals surface area contributed by atoms with Crippen molar-refractivity contribution in [3.05, 3.63) is 123 Å². The fraction of sp³-hybridized carbons (Fsp3) is 0.226. The maximum atomic E-state index is 13.9. The fourth-order valence-electron chi connectivity index (χ4n) is 4.81. The number of carbonyl (C=O) groups excluding carboxylic acids is 3. The molecule has 1 fully saturated rings. The van der Waals surface area contributed by atoms with Gasteiger partial charge in [0.05, 0.1) is 4.92 Å². The van der Waals surface area contributed by atoms with Crippen molar-refractivity contribution in [3.8, 4) is 0 Å².